The van der Waals surface area contributed by atoms with E-state index in [9.17, 15) is 9.59 Å². The van der Waals surface area contributed by atoms with Crippen molar-refractivity contribution in [2.24, 2.45) is 5.73 Å². The number of halogens is 1. The van der Waals surface area contributed by atoms with Gasteiger partial charge >= 0.3 is 5.69 Å². The van der Waals surface area contributed by atoms with Gasteiger partial charge in [-0.15, -0.1) is 0 Å². The first-order valence-electron chi connectivity index (χ1n) is 9.90. The van der Waals surface area contributed by atoms with Crippen molar-refractivity contribution >= 4 is 16.9 Å². The van der Waals surface area contributed by atoms with Crippen molar-refractivity contribution in [3.05, 3.63) is 78.6 Å². The maximum absolute atomic E-state index is 15.4. The van der Waals surface area contributed by atoms with Gasteiger partial charge in [0.05, 0.1) is 23.1 Å². The zero-order valence-electron chi connectivity index (χ0n) is 16.8. The lowest BCUT2D eigenvalue weighted by Gasteiger charge is -2.16. The molecule has 1 saturated carbocycles. The summed E-state index contributed by atoms with van der Waals surface area (Å²) in [6.45, 7) is 2.04. The average Bonchev–Trinajstić information content (AvgIpc) is 3.49. The fourth-order valence-corrected chi connectivity index (χ4v) is 4.97. The van der Waals surface area contributed by atoms with E-state index in [0.717, 1.165) is 34.7 Å². The normalized spacial score (nSPS) is 13.8. The number of hydrogen-bond donors (Lipinski definition) is 2. The second-order valence-corrected chi connectivity index (χ2v) is 8.50. The minimum atomic E-state index is -0.763. The van der Waals surface area contributed by atoms with Crippen LogP contribution in [0.25, 0.3) is 27.9 Å². The molecule has 0 spiro atoms. The second-order valence-electron chi connectivity index (χ2n) is 7.76. The highest BCUT2D eigenvalue weighted by Crippen LogP contribution is 2.43. The number of nitrogens with zero attached hydrogens (tertiary/aromatic N) is 3. The Labute approximate surface area is 180 Å². The maximum atomic E-state index is 15.4. The molecule has 0 saturated heterocycles. The Balaban J connectivity index is 1.83. The van der Waals surface area contributed by atoms with Crippen molar-refractivity contribution in [2.45, 2.75) is 32.2 Å². The van der Waals surface area contributed by atoms with Crippen LogP contribution in [0.4, 0.5) is 4.39 Å². The summed E-state index contributed by atoms with van der Waals surface area (Å²) in [6.07, 6.45) is 2.81. The summed E-state index contributed by atoms with van der Waals surface area (Å²) in [6, 6.07) is 5.56. The third-order valence-corrected chi connectivity index (χ3v) is 6.52. The number of hydrogen-bond acceptors (Lipinski definition) is 6. The van der Waals surface area contributed by atoms with Crippen molar-refractivity contribution < 1.29 is 4.39 Å². The van der Waals surface area contributed by atoms with Gasteiger partial charge in [-0.3, -0.25) is 14.2 Å². The minimum Gasteiger partial charge on any atom is -0.332 e. The van der Waals surface area contributed by atoms with E-state index in [1.54, 1.807) is 6.92 Å². The first-order chi connectivity index (χ1) is 14.9. The Bertz CT molecular complexity index is 1470. The highest BCUT2D eigenvalue weighted by Gasteiger charge is 2.32. The molecule has 9 heteroatoms. The van der Waals surface area contributed by atoms with Crippen LogP contribution in [0.2, 0.25) is 0 Å². The van der Waals surface area contributed by atoms with Gasteiger partial charge in [-0.05, 0) is 48.8 Å². The predicted molar refractivity (Wildman–Crippen MR) is 119 cm³/mol. The van der Waals surface area contributed by atoms with Gasteiger partial charge in [0.25, 0.3) is 5.56 Å². The molecule has 0 aliphatic heterocycles. The molecule has 4 heterocycles. The van der Waals surface area contributed by atoms with E-state index in [0.29, 0.717) is 44.7 Å². The largest absolute Gasteiger partial charge is 0.354 e. The highest BCUT2D eigenvalue weighted by atomic mass is 32.1. The molecule has 0 bridgehead atoms. The van der Waals surface area contributed by atoms with Crippen molar-refractivity contribution in [1.29, 1.82) is 0 Å². The smallest absolute Gasteiger partial charge is 0.332 e. The van der Waals surface area contributed by atoms with Crippen molar-refractivity contribution in [3.8, 4) is 22.4 Å². The van der Waals surface area contributed by atoms with E-state index in [-0.39, 0.29) is 5.92 Å². The fourth-order valence-electron chi connectivity index (χ4n) is 4.14. The number of aromatic nitrogens is 3. The molecular formula is C22H20FN5O2S. The van der Waals surface area contributed by atoms with Gasteiger partial charge < -0.3 is 11.6 Å². The third kappa shape index (κ3) is 3.00. The van der Waals surface area contributed by atoms with Crippen molar-refractivity contribution in [3.63, 3.8) is 0 Å². The summed E-state index contributed by atoms with van der Waals surface area (Å²) in [4.78, 5) is 30.0. The molecule has 7 nitrogen and oxygen atoms in total. The molecule has 4 aromatic rings. The lowest BCUT2D eigenvalue weighted by atomic mass is 9.95. The first kappa shape index (κ1) is 19.7. The Morgan fingerprint density at radius 3 is 2.68 bits per heavy atom. The van der Waals surface area contributed by atoms with Crippen LogP contribution in [0.5, 0.6) is 0 Å². The molecule has 4 aromatic heterocycles. The Morgan fingerprint density at radius 2 is 1.97 bits per heavy atom. The molecule has 1 aliphatic rings. The molecule has 158 valence electrons. The fraction of sp³-hybridized carbons (Fsp3) is 0.227. The van der Waals surface area contributed by atoms with Crippen molar-refractivity contribution in [1.82, 2.24) is 14.1 Å². The number of aryl methyl sites for hydroxylation is 1. The summed E-state index contributed by atoms with van der Waals surface area (Å²) in [5, 5.41) is 3.76. The van der Waals surface area contributed by atoms with E-state index in [4.69, 9.17) is 11.6 Å². The van der Waals surface area contributed by atoms with Gasteiger partial charge in [0, 0.05) is 34.2 Å². The van der Waals surface area contributed by atoms with Crippen LogP contribution >= 0.6 is 11.3 Å². The van der Waals surface area contributed by atoms with Gasteiger partial charge in [0.1, 0.15) is 5.82 Å². The summed E-state index contributed by atoms with van der Waals surface area (Å²) < 4.78 is 17.1. The third-order valence-electron chi connectivity index (χ3n) is 5.78. The Hall–Kier alpha value is -3.30. The van der Waals surface area contributed by atoms with E-state index < -0.39 is 17.1 Å². The summed E-state index contributed by atoms with van der Waals surface area (Å²) in [5.74, 6) is 5.17. The van der Waals surface area contributed by atoms with E-state index in [2.05, 4.69) is 4.98 Å². The first-order valence-corrected chi connectivity index (χ1v) is 10.8. The zero-order valence-corrected chi connectivity index (χ0v) is 17.6. The van der Waals surface area contributed by atoms with Gasteiger partial charge in [-0.1, -0.05) is 6.07 Å². The van der Waals surface area contributed by atoms with E-state index >= 15 is 4.39 Å². The average molecular weight is 438 g/mol. The monoisotopic (exact) mass is 437 g/mol. The standard InChI is InChI=1S/C22H20FN5O2S/c1-11-18(15-10-31-9-14(15)17-4-2-3-13(7-24)26-17)16(23)8-27-20(11)19(12-5-6-12)21(29)28(25)22(27)30/h2-4,8-10,12H,5-7,24-25H2,1H3. The number of fused-ring (bicyclic) bond motifs is 1. The molecule has 1 aliphatic carbocycles. The molecule has 5 rings (SSSR count). The van der Waals surface area contributed by atoms with Gasteiger partial charge in [0.15, 0.2) is 0 Å². The van der Waals surface area contributed by atoms with E-state index in [1.807, 2.05) is 29.0 Å². The Kier molecular flexibility index (Phi) is 4.53. The molecule has 31 heavy (non-hydrogen) atoms. The molecule has 1 fully saturated rings. The number of nitrogen functional groups attached to an aromatic ring is 1. The second kappa shape index (κ2) is 7.14. The highest BCUT2D eigenvalue weighted by molar-refractivity contribution is 7.08. The summed E-state index contributed by atoms with van der Waals surface area (Å²) in [7, 11) is 0. The number of nitrogens with two attached hydrogens (primary N) is 2. The van der Waals surface area contributed by atoms with E-state index in [1.165, 1.54) is 11.3 Å². The van der Waals surface area contributed by atoms with Crippen LogP contribution in [0.15, 0.2) is 44.7 Å². The number of pyridine rings is 2. The lowest BCUT2D eigenvalue weighted by Crippen LogP contribution is -2.44. The van der Waals surface area contributed by atoms with Crippen LogP contribution < -0.4 is 22.8 Å². The molecule has 0 aromatic carbocycles. The Morgan fingerprint density at radius 1 is 1.23 bits per heavy atom. The van der Waals surface area contributed by atoms with Crippen LogP contribution in [0.3, 0.4) is 0 Å². The van der Waals surface area contributed by atoms with Crippen LogP contribution in [-0.4, -0.2) is 14.1 Å². The topological polar surface area (TPSA) is 108 Å². The van der Waals surface area contributed by atoms with Gasteiger partial charge in [-0.25, -0.2) is 9.18 Å². The molecule has 0 radical (unpaired) electrons. The number of rotatable bonds is 4. The maximum Gasteiger partial charge on any atom is 0.354 e. The van der Waals surface area contributed by atoms with Crippen molar-refractivity contribution in [2.75, 3.05) is 5.84 Å². The molecule has 4 N–H and O–H groups in total. The molecule has 0 unspecified atom stereocenters. The lowest BCUT2D eigenvalue weighted by molar-refractivity contribution is 0.616. The van der Waals surface area contributed by atoms with Crippen LogP contribution in [0, 0.1) is 12.7 Å². The minimum absolute atomic E-state index is 0.0276. The molecular weight excluding hydrogens is 417 g/mol. The zero-order chi connectivity index (χ0) is 21.9. The van der Waals surface area contributed by atoms with Gasteiger partial charge in [-0.2, -0.15) is 16.0 Å². The summed E-state index contributed by atoms with van der Waals surface area (Å²) in [5.41, 5.74) is 9.11. The van der Waals surface area contributed by atoms with Crippen LogP contribution in [0.1, 0.15) is 35.6 Å². The van der Waals surface area contributed by atoms with Gasteiger partial charge in [0.2, 0.25) is 0 Å². The molecule has 0 amide bonds. The molecule has 0 atom stereocenters. The summed E-state index contributed by atoms with van der Waals surface area (Å²) >= 11 is 1.43. The quantitative estimate of drug-likeness (QED) is 0.477. The predicted octanol–water partition coefficient (Wildman–Crippen LogP) is 2.75. The van der Waals surface area contributed by atoms with Crippen LogP contribution in [-0.2, 0) is 6.54 Å². The SMILES string of the molecule is Cc1c(-c2cscc2-c2cccc(CN)n2)c(F)cn2c(=O)n(N)c(=O)c(C3CC3)c12. The number of thiophene rings is 1.